The zero-order valence-corrected chi connectivity index (χ0v) is 17.9. The first-order valence-electron chi connectivity index (χ1n) is 9.76. The SMILES string of the molecule is Cc1nc(-c2ccc(Cl)cc2)sc1COC1CCCN(c2cccc(C=O)c2)C1. The molecule has 4 nitrogen and oxygen atoms in total. The van der Waals surface area contributed by atoms with Gasteiger partial charge in [-0.25, -0.2) is 4.98 Å². The van der Waals surface area contributed by atoms with Crippen LogP contribution < -0.4 is 4.90 Å². The molecule has 150 valence electrons. The van der Waals surface area contributed by atoms with Crippen LogP contribution in [0.15, 0.2) is 48.5 Å². The molecule has 1 aromatic heterocycles. The Morgan fingerprint density at radius 2 is 2.10 bits per heavy atom. The van der Waals surface area contributed by atoms with Crippen LogP contribution in [-0.4, -0.2) is 30.5 Å². The predicted octanol–water partition coefficient (Wildman–Crippen LogP) is 5.77. The van der Waals surface area contributed by atoms with Gasteiger partial charge in [-0.05, 0) is 44.0 Å². The largest absolute Gasteiger partial charge is 0.371 e. The normalized spacial score (nSPS) is 16.8. The Morgan fingerprint density at radius 3 is 2.90 bits per heavy atom. The van der Waals surface area contributed by atoms with E-state index < -0.39 is 0 Å². The van der Waals surface area contributed by atoms with Crippen LogP contribution in [0.3, 0.4) is 0 Å². The third kappa shape index (κ3) is 4.86. The van der Waals surface area contributed by atoms with Gasteiger partial charge in [0, 0.05) is 34.9 Å². The molecule has 0 aliphatic carbocycles. The number of carbonyl (C=O) groups is 1. The summed E-state index contributed by atoms with van der Waals surface area (Å²) < 4.78 is 6.26. The molecule has 1 unspecified atom stereocenters. The van der Waals surface area contributed by atoms with Crippen molar-refractivity contribution in [3.63, 3.8) is 0 Å². The minimum Gasteiger partial charge on any atom is -0.371 e. The molecule has 4 rings (SSSR count). The van der Waals surface area contributed by atoms with Gasteiger partial charge < -0.3 is 9.64 Å². The van der Waals surface area contributed by atoms with Crippen molar-refractivity contribution in [2.24, 2.45) is 0 Å². The molecule has 1 aliphatic rings. The van der Waals surface area contributed by atoms with Crippen molar-refractivity contribution in [2.45, 2.75) is 32.5 Å². The van der Waals surface area contributed by atoms with Crippen molar-refractivity contribution in [3.8, 4) is 10.6 Å². The highest BCUT2D eigenvalue weighted by molar-refractivity contribution is 7.15. The molecule has 6 heteroatoms. The lowest BCUT2D eigenvalue weighted by molar-refractivity contribution is 0.0327. The standard InChI is InChI=1S/C23H23ClN2O2S/c1-16-22(29-23(25-16)18-7-9-19(24)10-8-18)15-28-21-6-3-11-26(13-21)20-5-2-4-17(12-20)14-27/h2,4-5,7-10,12,14,21H,3,6,11,13,15H2,1H3. The Bertz CT molecular complexity index is 987. The van der Waals surface area contributed by atoms with Crippen LogP contribution in [0, 0.1) is 6.92 Å². The fourth-order valence-corrected chi connectivity index (χ4v) is 4.69. The summed E-state index contributed by atoms with van der Waals surface area (Å²) in [7, 11) is 0. The van der Waals surface area contributed by atoms with Gasteiger partial charge in [0.15, 0.2) is 0 Å². The fourth-order valence-electron chi connectivity index (χ4n) is 3.57. The smallest absolute Gasteiger partial charge is 0.150 e. The number of piperidine rings is 1. The van der Waals surface area contributed by atoms with Gasteiger partial charge in [0.1, 0.15) is 11.3 Å². The van der Waals surface area contributed by atoms with Crippen molar-refractivity contribution >= 4 is 34.9 Å². The number of aldehydes is 1. The van der Waals surface area contributed by atoms with E-state index in [9.17, 15) is 4.79 Å². The number of anilines is 1. The van der Waals surface area contributed by atoms with Gasteiger partial charge in [-0.1, -0.05) is 35.9 Å². The topological polar surface area (TPSA) is 42.4 Å². The first kappa shape index (κ1) is 20.1. The van der Waals surface area contributed by atoms with Crippen LogP contribution in [0.1, 0.15) is 33.8 Å². The molecule has 29 heavy (non-hydrogen) atoms. The quantitative estimate of drug-likeness (QED) is 0.469. The zero-order valence-electron chi connectivity index (χ0n) is 16.3. The van der Waals surface area contributed by atoms with Gasteiger partial charge in [0.2, 0.25) is 0 Å². The average Bonchev–Trinajstić information content (AvgIpc) is 3.13. The van der Waals surface area contributed by atoms with Gasteiger partial charge in [-0.2, -0.15) is 0 Å². The number of carbonyl (C=O) groups excluding carboxylic acids is 1. The molecule has 1 atom stereocenters. The lowest BCUT2D eigenvalue weighted by Gasteiger charge is -2.34. The highest BCUT2D eigenvalue weighted by atomic mass is 35.5. The number of thiazole rings is 1. The van der Waals surface area contributed by atoms with Crippen molar-refractivity contribution < 1.29 is 9.53 Å². The second-order valence-corrected chi connectivity index (χ2v) is 8.79. The summed E-state index contributed by atoms with van der Waals surface area (Å²) in [5.41, 5.74) is 3.89. The number of hydrogen-bond acceptors (Lipinski definition) is 5. The van der Waals surface area contributed by atoms with Crippen LogP contribution in [0.4, 0.5) is 5.69 Å². The maximum atomic E-state index is 11.1. The van der Waals surface area contributed by atoms with E-state index in [1.165, 1.54) is 0 Å². The van der Waals surface area contributed by atoms with Crippen molar-refractivity contribution in [1.29, 1.82) is 0 Å². The first-order valence-corrected chi connectivity index (χ1v) is 11.0. The molecule has 0 spiro atoms. The predicted molar refractivity (Wildman–Crippen MR) is 119 cm³/mol. The van der Waals surface area contributed by atoms with Crippen LogP contribution in [-0.2, 0) is 11.3 Å². The minimum atomic E-state index is 0.170. The van der Waals surface area contributed by atoms with Gasteiger partial charge in [-0.15, -0.1) is 11.3 Å². The molecular weight excluding hydrogens is 404 g/mol. The summed E-state index contributed by atoms with van der Waals surface area (Å²) in [4.78, 5) is 19.2. The van der Waals surface area contributed by atoms with Crippen LogP contribution in [0.25, 0.3) is 10.6 Å². The molecule has 1 fully saturated rings. The number of benzene rings is 2. The fraction of sp³-hybridized carbons (Fsp3) is 0.304. The summed E-state index contributed by atoms with van der Waals surface area (Å²) in [6, 6.07) is 15.5. The maximum absolute atomic E-state index is 11.1. The molecule has 0 saturated carbocycles. The molecule has 2 aromatic carbocycles. The number of aromatic nitrogens is 1. The molecule has 1 saturated heterocycles. The van der Waals surface area contributed by atoms with Crippen LogP contribution in [0.5, 0.6) is 0 Å². The Labute approximate surface area is 180 Å². The zero-order chi connectivity index (χ0) is 20.2. The second kappa shape index (κ2) is 9.08. The number of halogens is 1. The number of aryl methyl sites for hydroxylation is 1. The van der Waals surface area contributed by atoms with E-state index in [1.807, 2.05) is 49.4 Å². The highest BCUT2D eigenvalue weighted by Gasteiger charge is 2.22. The second-order valence-electron chi connectivity index (χ2n) is 7.27. The van der Waals surface area contributed by atoms with E-state index >= 15 is 0 Å². The lowest BCUT2D eigenvalue weighted by Crippen LogP contribution is -2.39. The van der Waals surface area contributed by atoms with Crippen molar-refractivity contribution in [1.82, 2.24) is 4.98 Å². The van der Waals surface area contributed by atoms with Crippen LogP contribution >= 0.6 is 22.9 Å². The first-order chi connectivity index (χ1) is 14.1. The average molecular weight is 427 g/mol. The van der Waals surface area contributed by atoms with Crippen LogP contribution in [0.2, 0.25) is 5.02 Å². The number of nitrogens with zero attached hydrogens (tertiary/aromatic N) is 2. The minimum absolute atomic E-state index is 0.170. The van der Waals surface area contributed by atoms with E-state index in [4.69, 9.17) is 21.3 Å². The Hall–Kier alpha value is -2.21. The number of rotatable bonds is 6. The molecule has 0 bridgehead atoms. The van der Waals surface area contributed by atoms with Crippen molar-refractivity contribution in [2.75, 3.05) is 18.0 Å². The summed E-state index contributed by atoms with van der Waals surface area (Å²) >= 11 is 7.66. The summed E-state index contributed by atoms with van der Waals surface area (Å²) in [6.45, 7) is 4.43. The van der Waals surface area contributed by atoms with E-state index in [0.717, 1.165) is 64.1 Å². The molecule has 1 aliphatic heterocycles. The molecular formula is C23H23ClN2O2S. The highest BCUT2D eigenvalue weighted by Crippen LogP contribution is 2.30. The third-order valence-electron chi connectivity index (χ3n) is 5.18. The molecule has 0 N–H and O–H groups in total. The summed E-state index contributed by atoms with van der Waals surface area (Å²) in [6.07, 6.45) is 3.19. The Kier molecular flexibility index (Phi) is 6.28. The van der Waals surface area contributed by atoms with Gasteiger partial charge in [0.05, 0.1) is 23.3 Å². The van der Waals surface area contributed by atoms with E-state index in [2.05, 4.69) is 11.0 Å². The van der Waals surface area contributed by atoms with E-state index in [-0.39, 0.29) is 6.10 Å². The molecule has 2 heterocycles. The monoisotopic (exact) mass is 426 g/mol. The van der Waals surface area contributed by atoms with Crippen molar-refractivity contribution in [3.05, 3.63) is 69.7 Å². The van der Waals surface area contributed by atoms with E-state index in [1.54, 1.807) is 11.3 Å². The molecule has 0 amide bonds. The van der Waals surface area contributed by atoms with Gasteiger partial charge >= 0.3 is 0 Å². The van der Waals surface area contributed by atoms with Gasteiger partial charge in [-0.3, -0.25) is 4.79 Å². The Balaban J connectivity index is 1.40. The van der Waals surface area contributed by atoms with Gasteiger partial charge in [0.25, 0.3) is 0 Å². The van der Waals surface area contributed by atoms with E-state index in [0.29, 0.717) is 12.2 Å². The maximum Gasteiger partial charge on any atom is 0.150 e. The summed E-state index contributed by atoms with van der Waals surface area (Å²) in [5.74, 6) is 0. The number of hydrogen-bond donors (Lipinski definition) is 0. The molecule has 0 radical (unpaired) electrons. The number of ether oxygens (including phenoxy) is 1. The summed E-state index contributed by atoms with van der Waals surface area (Å²) in [5, 5.41) is 1.72. The third-order valence-corrected chi connectivity index (χ3v) is 6.62. The molecule has 3 aromatic rings. The Morgan fingerprint density at radius 1 is 1.28 bits per heavy atom. The lowest BCUT2D eigenvalue weighted by atomic mass is 10.1.